The van der Waals surface area contributed by atoms with E-state index in [1.807, 2.05) is 46.8 Å². The van der Waals surface area contributed by atoms with Crippen molar-refractivity contribution in [3.8, 4) is 0 Å². The molecule has 40 heavy (non-hydrogen) atoms. The van der Waals surface area contributed by atoms with Gasteiger partial charge in [0.05, 0.1) is 19.1 Å². The van der Waals surface area contributed by atoms with Crippen molar-refractivity contribution in [2.45, 2.75) is 73.4 Å². The lowest BCUT2D eigenvalue weighted by atomic mass is 9.89. The number of benzene rings is 1. The molecule has 0 saturated heterocycles. The van der Waals surface area contributed by atoms with Crippen LogP contribution >= 0.6 is 0 Å². The molecule has 0 spiro atoms. The number of hydrogen-bond donors (Lipinski definition) is 1. The van der Waals surface area contributed by atoms with E-state index in [-0.39, 0.29) is 30.9 Å². The van der Waals surface area contributed by atoms with Gasteiger partial charge in [-0.25, -0.2) is 8.78 Å². The number of aromatic nitrogens is 1. The van der Waals surface area contributed by atoms with Crippen molar-refractivity contribution in [3.05, 3.63) is 99.0 Å². The third kappa shape index (κ3) is 8.10. The van der Waals surface area contributed by atoms with Crippen LogP contribution < -0.4 is 10.9 Å². The summed E-state index contributed by atoms with van der Waals surface area (Å²) >= 11 is 0. The van der Waals surface area contributed by atoms with E-state index in [1.165, 1.54) is 12.3 Å². The Hall–Kier alpha value is -3.81. The SMILES string of the molecule is C=C(C)/C(=C(C)\C=C/C)c1cc(C)c(F)c([C@H](CC(=O)OCC)NC(=O)C(CC(C)C)n2cccc(F)c2=O)c1. The van der Waals surface area contributed by atoms with E-state index in [4.69, 9.17) is 4.74 Å². The molecule has 0 bridgehead atoms. The maximum atomic E-state index is 15.7. The number of rotatable bonds is 12. The van der Waals surface area contributed by atoms with Gasteiger partial charge < -0.3 is 14.6 Å². The second-order valence-corrected chi connectivity index (χ2v) is 10.3. The minimum atomic E-state index is -1.11. The number of pyridine rings is 1. The lowest BCUT2D eigenvalue weighted by Gasteiger charge is -2.26. The van der Waals surface area contributed by atoms with Crippen LogP contribution in [-0.2, 0) is 14.3 Å². The summed E-state index contributed by atoms with van der Waals surface area (Å²) in [6, 6.07) is 3.49. The molecule has 0 radical (unpaired) electrons. The molecule has 2 atom stereocenters. The molecule has 0 fully saturated rings. The third-order valence-electron chi connectivity index (χ3n) is 6.44. The Balaban J connectivity index is 2.70. The van der Waals surface area contributed by atoms with Gasteiger partial charge in [0.25, 0.3) is 5.56 Å². The van der Waals surface area contributed by atoms with Crippen molar-refractivity contribution < 1.29 is 23.1 Å². The molecule has 0 aliphatic heterocycles. The Labute approximate surface area is 235 Å². The molecule has 216 valence electrons. The summed E-state index contributed by atoms with van der Waals surface area (Å²) in [6.07, 6.45) is 5.04. The minimum absolute atomic E-state index is 0.0328. The van der Waals surface area contributed by atoms with E-state index in [2.05, 4.69) is 11.9 Å². The molecule has 1 N–H and O–H groups in total. The van der Waals surface area contributed by atoms with E-state index in [1.54, 1.807) is 26.0 Å². The van der Waals surface area contributed by atoms with Gasteiger partial charge in [-0.05, 0) is 93.5 Å². The molecule has 1 unspecified atom stereocenters. The van der Waals surface area contributed by atoms with Crippen LogP contribution in [0.3, 0.4) is 0 Å². The van der Waals surface area contributed by atoms with Crippen LogP contribution in [0.15, 0.2) is 65.1 Å². The number of nitrogens with one attached hydrogen (secondary N) is 1. The van der Waals surface area contributed by atoms with Crippen LogP contribution in [0, 0.1) is 24.5 Å². The van der Waals surface area contributed by atoms with E-state index >= 15 is 4.39 Å². The highest BCUT2D eigenvalue weighted by molar-refractivity contribution is 5.84. The van der Waals surface area contributed by atoms with Crippen LogP contribution in [0.5, 0.6) is 0 Å². The number of hydrogen-bond acceptors (Lipinski definition) is 4. The second-order valence-electron chi connectivity index (χ2n) is 10.3. The predicted molar refractivity (Wildman–Crippen MR) is 155 cm³/mol. The zero-order valence-corrected chi connectivity index (χ0v) is 24.4. The number of esters is 1. The molecular formula is C32H40F2N2O4. The smallest absolute Gasteiger partial charge is 0.308 e. The van der Waals surface area contributed by atoms with Gasteiger partial charge in [0, 0.05) is 11.8 Å². The topological polar surface area (TPSA) is 77.4 Å². The van der Waals surface area contributed by atoms with Gasteiger partial charge >= 0.3 is 5.97 Å². The van der Waals surface area contributed by atoms with Gasteiger partial charge in [0.15, 0.2) is 5.82 Å². The van der Waals surface area contributed by atoms with Crippen LogP contribution in [0.1, 0.15) is 83.2 Å². The lowest BCUT2D eigenvalue weighted by Crippen LogP contribution is -2.41. The van der Waals surface area contributed by atoms with Crippen LogP contribution in [-0.4, -0.2) is 23.1 Å². The summed E-state index contributed by atoms with van der Waals surface area (Å²) in [5, 5.41) is 2.78. The predicted octanol–water partition coefficient (Wildman–Crippen LogP) is 6.76. The molecule has 1 amide bonds. The fraction of sp³-hybridized carbons (Fsp3) is 0.406. The van der Waals surface area contributed by atoms with Crippen molar-refractivity contribution in [2.24, 2.45) is 5.92 Å². The Kier molecular flexibility index (Phi) is 11.8. The first-order valence-corrected chi connectivity index (χ1v) is 13.4. The van der Waals surface area contributed by atoms with Gasteiger partial charge in [0.2, 0.25) is 5.91 Å². The summed E-state index contributed by atoms with van der Waals surface area (Å²) in [6.45, 7) is 16.9. The summed E-state index contributed by atoms with van der Waals surface area (Å²) < 4.78 is 36.0. The number of carbonyl (C=O) groups is 2. The van der Waals surface area contributed by atoms with Crippen LogP contribution in [0.4, 0.5) is 8.78 Å². The summed E-state index contributed by atoms with van der Waals surface area (Å²) in [4.78, 5) is 38.9. The molecule has 0 saturated carbocycles. The molecule has 6 nitrogen and oxygen atoms in total. The first-order valence-electron chi connectivity index (χ1n) is 13.4. The van der Waals surface area contributed by atoms with Crippen molar-refractivity contribution in [1.29, 1.82) is 0 Å². The van der Waals surface area contributed by atoms with Crippen molar-refractivity contribution in [1.82, 2.24) is 9.88 Å². The van der Waals surface area contributed by atoms with Crippen molar-refractivity contribution in [3.63, 3.8) is 0 Å². The molecule has 2 aromatic rings. The highest BCUT2D eigenvalue weighted by Crippen LogP contribution is 2.33. The molecular weight excluding hydrogens is 514 g/mol. The fourth-order valence-electron chi connectivity index (χ4n) is 4.75. The first-order chi connectivity index (χ1) is 18.8. The quantitative estimate of drug-likeness (QED) is 0.232. The highest BCUT2D eigenvalue weighted by Gasteiger charge is 2.30. The number of allylic oxidation sites excluding steroid dienone is 5. The Morgan fingerprint density at radius 2 is 1.88 bits per heavy atom. The Morgan fingerprint density at radius 3 is 2.45 bits per heavy atom. The third-order valence-corrected chi connectivity index (χ3v) is 6.44. The maximum Gasteiger partial charge on any atom is 0.308 e. The van der Waals surface area contributed by atoms with E-state index < -0.39 is 41.2 Å². The van der Waals surface area contributed by atoms with Gasteiger partial charge in [-0.3, -0.25) is 14.4 Å². The molecule has 0 aliphatic carbocycles. The standard InChI is InChI=1S/C32H40F2N2O4/c1-9-12-21(7)29(20(5)6)23-16-22(8)30(34)24(17-23)26(18-28(37)40-10-2)35-31(38)27(15-19(3)4)36-14-11-13-25(33)32(36)39/h9,11-14,16-17,19,26-27H,5,10,15,18H2,1-4,6-8H3,(H,35,38)/b12-9-,29-21+/t26-,27?/m0/s1. The molecule has 1 aromatic carbocycles. The monoisotopic (exact) mass is 554 g/mol. The van der Waals surface area contributed by atoms with Crippen LogP contribution in [0.25, 0.3) is 5.57 Å². The zero-order valence-electron chi connectivity index (χ0n) is 24.4. The first kappa shape index (κ1) is 32.4. The zero-order chi connectivity index (χ0) is 30.1. The molecule has 8 heteroatoms. The normalized spacial score (nSPS) is 13.7. The number of halogens is 2. The van der Waals surface area contributed by atoms with E-state index in [0.717, 1.165) is 27.4 Å². The van der Waals surface area contributed by atoms with Gasteiger partial charge in [0.1, 0.15) is 11.9 Å². The molecule has 1 aromatic heterocycles. The summed E-state index contributed by atoms with van der Waals surface area (Å²) in [7, 11) is 0. The minimum Gasteiger partial charge on any atom is -0.466 e. The summed E-state index contributed by atoms with van der Waals surface area (Å²) in [5.74, 6) is -2.86. The van der Waals surface area contributed by atoms with Gasteiger partial charge in [-0.1, -0.05) is 38.2 Å². The highest BCUT2D eigenvalue weighted by atomic mass is 19.1. The second kappa shape index (κ2) is 14.5. The number of carbonyl (C=O) groups excluding carboxylic acids is 2. The van der Waals surface area contributed by atoms with Gasteiger partial charge in [-0.15, -0.1) is 0 Å². The van der Waals surface area contributed by atoms with E-state index in [0.29, 0.717) is 11.1 Å². The number of aryl methyl sites for hydroxylation is 1. The average Bonchev–Trinajstić information content (AvgIpc) is 2.86. The molecule has 2 rings (SSSR count). The van der Waals surface area contributed by atoms with E-state index in [9.17, 15) is 18.8 Å². The number of amides is 1. The van der Waals surface area contributed by atoms with Gasteiger partial charge in [-0.2, -0.15) is 0 Å². The Morgan fingerprint density at radius 1 is 1.20 bits per heavy atom. The lowest BCUT2D eigenvalue weighted by molar-refractivity contribution is -0.144. The number of ether oxygens (including phenoxy) is 1. The van der Waals surface area contributed by atoms with Crippen molar-refractivity contribution >= 4 is 17.4 Å². The molecule has 1 heterocycles. The van der Waals surface area contributed by atoms with Crippen LogP contribution in [0.2, 0.25) is 0 Å². The van der Waals surface area contributed by atoms with Crippen molar-refractivity contribution in [2.75, 3.05) is 6.61 Å². The number of nitrogens with zero attached hydrogens (tertiary/aromatic N) is 1. The molecule has 0 aliphatic rings. The summed E-state index contributed by atoms with van der Waals surface area (Å²) in [5.41, 5.74) is 2.65. The maximum absolute atomic E-state index is 15.7. The average molecular weight is 555 g/mol. The fourth-order valence-corrected chi connectivity index (χ4v) is 4.75. The largest absolute Gasteiger partial charge is 0.466 e. The Bertz CT molecular complexity index is 1370.